The van der Waals surface area contributed by atoms with Crippen LogP contribution in [0.15, 0.2) is 30.6 Å². The van der Waals surface area contributed by atoms with Crippen molar-refractivity contribution in [3.63, 3.8) is 0 Å². The Morgan fingerprint density at radius 2 is 2.06 bits per heavy atom. The summed E-state index contributed by atoms with van der Waals surface area (Å²) in [5.74, 6) is 0.0557. The summed E-state index contributed by atoms with van der Waals surface area (Å²) in [5.41, 5.74) is 10.9. The van der Waals surface area contributed by atoms with E-state index in [0.717, 1.165) is 0 Å². The monoisotopic (exact) mass is 230 g/mol. The first kappa shape index (κ1) is 10.8. The Hall–Kier alpha value is -2.70. The number of nitrogens with two attached hydrogens (primary N) is 2. The third kappa shape index (κ3) is 2.46. The fraction of sp³-hybridized carbons (Fsp3) is 0. The van der Waals surface area contributed by atoms with Crippen LogP contribution in [0.5, 0.6) is 0 Å². The van der Waals surface area contributed by atoms with Gasteiger partial charge in [0.1, 0.15) is 11.6 Å². The molecule has 2 rings (SSSR count). The van der Waals surface area contributed by atoms with E-state index in [1.807, 2.05) is 0 Å². The van der Waals surface area contributed by atoms with Gasteiger partial charge in [-0.25, -0.2) is 15.0 Å². The van der Waals surface area contributed by atoms with Crippen molar-refractivity contribution in [1.82, 2.24) is 15.0 Å². The zero-order valence-corrected chi connectivity index (χ0v) is 8.79. The van der Waals surface area contributed by atoms with Gasteiger partial charge in [0.05, 0.1) is 6.20 Å². The minimum absolute atomic E-state index is 0.0179. The van der Waals surface area contributed by atoms with Crippen molar-refractivity contribution < 1.29 is 4.79 Å². The molecule has 0 spiro atoms. The number of carbonyl (C=O) groups is 1. The molecule has 0 bridgehead atoms. The fourth-order valence-corrected chi connectivity index (χ4v) is 1.19. The highest BCUT2D eigenvalue weighted by molar-refractivity contribution is 6.05. The van der Waals surface area contributed by atoms with E-state index in [9.17, 15) is 4.79 Å². The van der Waals surface area contributed by atoms with Gasteiger partial charge in [0.2, 0.25) is 0 Å². The van der Waals surface area contributed by atoms with Crippen LogP contribution in [-0.4, -0.2) is 20.9 Å². The molecule has 0 radical (unpaired) electrons. The summed E-state index contributed by atoms with van der Waals surface area (Å²) in [4.78, 5) is 23.3. The molecule has 2 aromatic heterocycles. The summed E-state index contributed by atoms with van der Waals surface area (Å²) in [5, 5.41) is 2.54. The van der Waals surface area contributed by atoms with Gasteiger partial charge >= 0.3 is 0 Å². The molecular formula is C10H10N6O. The van der Waals surface area contributed by atoms with Crippen LogP contribution < -0.4 is 16.8 Å². The minimum atomic E-state index is -0.499. The van der Waals surface area contributed by atoms with Gasteiger partial charge < -0.3 is 16.8 Å². The lowest BCUT2D eigenvalue weighted by Crippen LogP contribution is -2.18. The fourth-order valence-electron chi connectivity index (χ4n) is 1.19. The Labute approximate surface area is 96.9 Å². The van der Waals surface area contributed by atoms with Gasteiger partial charge in [-0.2, -0.15) is 0 Å². The van der Waals surface area contributed by atoms with Crippen molar-refractivity contribution in [1.29, 1.82) is 0 Å². The summed E-state index contributed by atoms with van der Waals surface area (Å²) < 4.78 is 0. The number of nitrogens with one attached hydrogen (secondary N) is 1. The lowest BCUT2D eigenvalue weighted by molar-refractivity contribution is 0.102. The molecule has 0 saturated carbocycles. The molecular weight excluding hydrogens is 220 g/mol. The van der Waals surface area contributed by atoms with Crippen LogP contribution in [0.25, 0.3) is 0 Å². The van der Waals surface area contributed by atoms with Crippen LogP contribution in [0, 0.1) is 0 Å². The van der Waals surface area contributed by atoms with Crippen molar-refractivity contribution >= 4 is 23.4 Å². The third-order valence-corrected chi connectivity index (χ3v) is 1.94. The maximum atomic E-state index is 11.8. The highest BCUT2D eigenvalue weighted by Gasteiger charge is 2.13. The molecule has 1 amide bonds. The first-order valence-corrected chi connectivity index (χ1v) is 4.77. The normalized spacial score (nSPS) is 9.88. The number of nitrogens with zero attached hydrogens (tertiary/aromatic N) is 3. The summed E-state index contributed by atoms with van der Waals surface area (Å²) in [6, 6.07) is 5.13. The number of amides is 1. The first-order chi connectivity index (χ1) is 8.16. The van der Waals surface area contributed by atoms with Gasteiger partial charge in [0, 0.05) is 6.20 Å². The molecule has 0 aromatic carbocycles. The largest absolute Gasteiger partial charge is 0.382 e. The van der Waals surface area contributed by atoms with Crippen LogP contribution in [-0.2, 0) is 0 Å². The second-order valence-corrected chi connectivity index (χ2v) is 3.20. The molecule has 0 aliphatic carbocycles. The van der Waals surface area contributed by atoms with Crippen LogP contribution in [0.4, 0.5) is 17.5 Å². The lowest BCUT2D eigenvalue weighted by Gasteiger charge is -2.05. The van der Waals surface area contributed by atoms with Crippen LogP contribution in [0.1, 0.15) is 10.5 Å². The van der Waals surface area contributed by atoms with Crippen LogP contribution >= 0.6 is 0 Å². The maximum Gasteiger partial charge on any atom is 0.279 e. The average molecular weight is 230 g/mol. The average Bonchev–Trinajstić information content (AvgIpc) is 2.33. The van der Waals surface area contributed by atoms with Gasteiger partial charge in [0.15, 0.2) is 11.5 Å². The van der Waals surface area contributed by atoms with E-state index in [-0.39, 0.29) is 17.3 Å². The first-order valence-electron chi connectivity index (χ1n) is 4.77. The maximum absolute atomic E-state index is 11.8. The van der Waals surface area contributed by atoms with Crippen molar-refractivity contribution in [2.45, 2.75) is 0 Å². The van der Waals surface area contributed by atoms with Crippen LogP contribution in [0.3, 0.4) is 0 Å². The zero-order chi connectivity index (χ0) is 12.3. The van der Waals surface area contributed by atoms with Gasteiger partial charge in [-0.15, -0.1) is 0 Å². The van der Waals surface area contributed by atoms with E-state index in [1.54, 1.807) is 24.4 Å². The Kier molecular flexibility index (Phi) is 2.82. The van der Waals surface area contributed by atoms with E-state index in [4.69, 9.17) is 11.5 Å². The summed E-state index contributed by atoms with van der Waals surface area (Å²) >= 11 is 0. The Morgan fingerprint density at radius 3 is 2.76 bits per heavy atom. The van der Waals surface area contributed by atoms with E-state index < -0.39 is 5.91 Å². The second kappa shape index (κ2) is 4.44. The smallest absolute Gasteiger partial charge is 0.279 e. The molecule has 17 heavy (non-hydrogen) atoms. The number of rotatable bonds is 2. The molecule has 7 nitrogen and oxygen atoms in total. The topological polar surface area (TPSA) is 120 Å². The van der Waals surface area contributed by atoms with Crippen LogP contribution in [0.2, 0.25) is 0 Å². The number of aromatic nitrogens is 3. The highest BCUT2D eigenvalue weighted by atomic mass is 16.2. The molecule has 0 aliphatic heterocycles. The number of hydrogen-bond acceptors (Lipinski definition) is 6. The highest BCUT2D eigenvalue weighted by Crippen LogP contribution is 2.09. The van der Waals surface area contributed by atoms with Crippen molar-refractivity contribution in [2.24, 2.45) is 0 Å². The number of nitrogen functional groups attached to an aromatic ring is 2. The molecule has 0 fully saturated rings. The molecule has 2 heterocycles. The quantitative estimate of drug-likeness (QED) is 0.681. The molecule has 0 saturated heterocycles. The lowest BCUT2D eigenvalue weighted by atomic mass is 10.3. The molecule has 0 atom stereocenters. The standard InChI is InChI=1S/C10H10N6O/c11-6-5-14-9(12)8(15-6)10(17)16-7-3-1-2-4-13-7/h1-5H,(H2,11,15)(H2,12,14)(H,13,16,17). The summed E-state index contributed by atoms with van der Waals surface area (Å²) in [7, 11) is 0. The number of pyridine rings is 1. The van der Waals surface area contributed by atoms with E-state index in [0.29, 0.717) is 5.82 Å². The van der Waals surface area contributed by atoms with Gasteiger partial charge in [0.25, 0.3) is 5.91 Å². The molecule has 5 N–H and O–H groups in total. The predicted octanol–water partition coefficient (Wildman–Crippen LogP) is 0.288. The Bertz CT molecular complexity index is 542. The summed E-state index contributed by atoms with van der Waals surface area (Å²) in [6.07, 6.45) is 2.84. The van der Waals surface area contributed by atoms with E-state index >= 15 is 0 Å². The van der Waals surface area contributed by atoms with E-state index in [2.05, 4.69) is 20.3 Å². The second-order valence-electron chi connectivity index (χ2n) is 3.20. The molecule has 0 aliphatic rings. The molecule has 86 valence electrons. The van der Waals surface area contributed by atoms with E-state index in [1.165, 1.54) is 6.20 Å². The number of hydrogen-bond donors (Lipinski definition) is 3. The minimum Gasteiger partial charge on any atom is -0.382 e. The SMILES string of the molecule is Nc1cnc(N)c(C(=O)Nc2ccccn2)n1. The molecule has 2 aromatic rings. The van der Waals surface area contributed by atoms with Crippen molar-refractivity contribution in [3.05, 3.63) is 36.3 Å². The third-order valence-electron chi connectivity index (χ3n) is 1.94. The zero-order valence-electron chi connectivity index (χ0n) is 8.79. The van der Waals surface area contributed by atoms with Gasteiger partial charge in [-0.1, -0.05) is 6.07 Å². The predicted molar refractivity (Wildman–Crippen MR) is 63.0 cm³/mol. The number of carbonyl (C=O) groups excluding carboxylic acids is 1. The Morgan fingerprint density at radius 1 is 1.24 bits per heavy atom. The molecule has 0 unspecified atom stereocenters. The summed E-state index contributed by atoms with van der Waals surface area (Å²) in [6.45, 7) is 0. The number of anilines is 3. The van der Waals surface area contributed by atoms with Gasteiger partial charge in [-0.05, 0) is 12.1 Å². The van der Waals surface area contributed by atoms with Crippen molar-refractivity contribution in [3.8, 4) is 0 Å². The van der Waals surface area contributed by atoms with Crippen molar-refractivity contribution in [2.75, 3.05) is 16.8 Å². The van der Waals surface area contributed by atoms with Gasteiger partial charge in [-0.3, -0.25) is 4.79 Å². The Balaban J connectivity index is 2.23. The molecule has 7 heteroatoms.